The molecule has 0 radical (unpaired) electrons. The summed E-state index contributed by atoms with van der Waals surface area (Å²) in [5.74, 6) is 0.647. The minimum Gasteiger partial charge on any atom is -0.507 e. The van der Waals surface area contributed by atoms with E-state index in [9.17, 15) is 13.5 Å². The quantitative estimate of drug-likeness (QED) is 0.750. The van der Waals surface area contributed by atoms with E-state index in [4.69, 9.17) is 4.74 Å². The van der Waals surface area contributed by atoms with E-state index < -0.39 is 10.0 Å². The molecule has 0 aliphatic heterocycles. The van der Waals surface area contributed by atoms with Crippen LogP contribution in [0, 0.1) is 6.92 Å². The van der Waals surface area contributed by atoms with E-state index in [1.54, 1.807) is 24.3 Å². The molecule has 0 heterocycles. The molecule has 0 atom stereocenters. The van der Waals surface area contributed by atoms with Crippen LogP contribution < -0.4 is 4.74 Å². The zero-order chi connectivity index (χ0) is 19.3. The van der Waals surface area contributed by atoms with Crippen molar-refractivity contribution in [3.63, 3.8) is 0 Å². The van der Waals surface area contributed by atoms with Crippen molar-refractivity contribution >= 4 is 21.9 Å². The summed E-state index contributed by atoms with van der Waals surface area (Å²) < 4.78 is 31.2. The molecular weight excluding hydrogens is 352 g/mol. The Morgan fingerprint density at radius 2 is 1.92 bits per heavy atom. The molecule has 2 aromatic rings. The summed E-state index contributed by atoms with van der Waals surface area (Å²) in [7, 11) is -0.559. The first-order valence-electron chi connectivity index (χ1n) is 8.28. The van der Waals surface area contributed by atoms with Gasteiger partial charge in [0.15, 0.2) is 0 Å². The van der Waals surface area contributed by atoms with Gasteiger partial charge in [0.2, 0.25) is 10.0 Å². The first-order valence-corrected chi connectivity index (χ1v) is 9.72. The van der Waals surface area contributed by atoms with E-state index in [1.165, 1.54) is 32.4 Å². The Hall–Kier alpha value is -2.38. The molecule has 0 fully saturated rings. The zero-order valence-corrected chi connectivity index (χ0v) is 16.2. The average Bonchev–Trinajstić information content (AvgIpc) is 2.60. The van der Waals surface area contributed by atoms with Crippen molar-refractivity contribution < 1.29 is 18.3 Å². The largest absolute Gasteiger partial charge is 0.507 e. The van der Waals surface area contributed by atoms with Gasteiger partial charge in [0.05, 0.1) is 17.2 Å². The second-order valence-electron chi connectivity index (χ2n) is 6.06. The van der Waals surface area contributed by atoms with Gasteiger partial charge in [0, 0.05) is 31.9 Å². The monoisotopic (exact) mass is 376 g/mol. The Bertz CT molecular complexity index is 906. The smallest absolute Gasteiger partial charge is 0.242 e. The third kappa shape index (κ3) is 4.62. The lowest BCUT2D eigenvalue weighted by Crippen LogP contribution is -2.22. The highest BCUT2D eigenvalue weighted by molar-refractivity contribution is 7.89. The number of nitrogens with zero attached hydrogens (tertiary/aromatic N) is 2. The maximum absolute atomic E-state index is 12.3. The first-order chi connectivity index (χ1) is 12.3. The molecule has 0 bridgehead atoms. The maximum Gasteiger partial charge on any atom is 0.242 e. The molecule has 7 heteroatoms. The molecule has 0 amide bonds. The lowest BCUT2D eigenvalue weighted by atomic mass is 10.2. The van der Waals surface area contributed by atoms with Crippen LogP contribution in [0.2, 0.25) is 0 Å². The number of phenolic OH excluding ortho intramolecular Hbond substituents is 1. The van der Waals surface area contributed by atoms with Gasteiger partial charge in [-0.3, -0.25) is 4.99 Å². The summed E-state index contributed by atoms with van der Waals surface area (Å²) >= 11 is 0. The third-order valence-corrected chi connectivity index (χ3v) is 5.59. The molecule has 26 heavy (non-hydrogen) atoms. The highest BCUT2D eigenvalue weighted by Gasteiger charge is 2.17. The Morgan fingerprint density at radius 1 is 1.19 bits per heavy atom. The fourth-order valence-corrected chi connectivity index (χ4v) is 3.10. The second-order valence-corrected chi connectivity index (χ2v) is 8.21. The predicted octanol–water partition coefficient (Wildman–Crippen LogP) is 3.49. The number of benzene rings is 2. The molecule has 0 saturated heterocycles. The minimum atomic E-state index is -3.53. The number of sulfonamides is 1. The molecule has 6 nitrogen and oxygen atoms in total. The van der Waals surface area contributed by atoms with Crippen molar-refractivity contribution in [2.24, 2.45) is 4.99 Å². The van der Waals surface area contributed by atoms with Gasteiger partial charge < -0.3 is 9.84 Å². The second kappa shape index (κ2) is 8.33. The first kappa shape index (κ1) is 19.9. The van der Waals surface area contributed by atoms with E-state index in [1.807, 2.05) is 13.8 Å². The standard InChI is InChI=1S/C19H24N2O4S/c1-5-10-25-16-8-7-15(19(22)11-16)13-20-18-12-17(9-6-14(18)2)26(23,24)21(3)4/h6-9,11-13,22H,5,10H2,1-4H3. The molecule has 0 aromatic heterocycles. The van der Waals surface area contributed by atoms with Crippen molar-refractivity contribution in [3.05, 3.63) is 47.5 Å². The number of aryl methyl sites for hydroxylation is 1. The molecule has 0 saturated carbocycles. The number of aliphatic imine (C=N–C) groups is 1. The Balaban J connectivity index is 2.31. The fourth-order valence-electron chi connectivity index (χ4n) is 2.18. The number of hydrogen-bond donors (Lipinski definition) is 1. The molecule has 1 N–H and O–H groups in total. The van der Waals surface area contributed by atoms with Gasteiger partial charge in [0.25, 0.3) is 0 Å². The molecule has 0 spiro atoms. The van der Waals surface area contributed by atoms with E-state index in [0.717, 1.165) is 16.3 Å². The van der Waals surface area contributed by atoms with Crippen molar-refractivity contribution in [1.29, 1.82) is 0 Å². The Labute approximate surface area is 154 Å². The maximum atomic E-state index is 12.3. The molecule has 2 rings (SSSR count). The number of rotatable bonds is 7. The highest BCUT2D eigenvalue weighted by Crippen LogP contribution is 2.26. The lowest BCUT2D eigenvalue weighted by Gasteiger charge is -2.12. The Kier molecular flexibility index (Phi) is 6.39. The van der Waals surface area contributed by atoms with Crippen LogP contribution in [0.3, 0.4) is 0 Å². The molecule has 140 valence electrons. The van der Waals surface area contributed by atoms with Crippen LogP contribution in [0.25, 0.3) is 0 Å². The highest BCUT2D eigenvalue weighted by atomic mass is 32.2. The van der Waals surface area contributed by atoms with Crippen LogP contribution in [0.4, 0.5) is 5.69 Å². The van der Waals surface area contributed by atoms with Gasteiger partial charge >= 0.3 is 0 Å². The van der Waals surface area contributed by atoms with Crippen LogP contribution >= 0.6 is 0 Å². The molecular formula is C19H24N2O4S. The number of phenols is 1. The van der Waals surface area contributed by atoms with Crippen LogP contribution in [0.1, 0.15) is 24.5 Å². The van der Waals surface area contributed by atoms with E-state index in [-0.39, 0.29) is 10.6 Å². The molecule has 0 aliphatic rings. The molecule has 0 aliphatic carbocycles. The van der Waals surface area contributed by atoms with E-state index >= 15 is 0 Å². The fraction of sp³-hybridized carbons (Fsp3) is 0.316. The van der Waals surface area contributed by atoms with Crippen LogP contribution in [-0.4, -0.2) is 44.7 Å². The van der Waals surface area contributed by atoms with Crippen molar-refractivity contribution in [2.45, 2.75) is 25.2 Å². The van der Waals surface area contributed by atoms with E-state index in [2.05, 4.69) is 4.99 Å². The van der Waals surface area contributed by atoms with Crippen LogP contribution in [0.15, 0.2) is 46.3 Å². The number of aromatic hydroxyl groups is 1. The van der Waals surface area contributed by atoms with Gasteiger partial charge in [-0.2, -0.15) is 0 Å². The third-order valence-electron chi connectivity index (χ3n) is 3.78. The summed E-state index contributed by atoms with van der Waals surface area (Å²) in [5, 5.41) is 10.1. The van der Waals surface area contributed by atoms with Gasteiger partial charge in [-0.15, -0.1) is 0 Å². The van der Waals surface area contributed by atoms with Gasteiger partial charge in [-0.05, 0) is 43.2 Å². The average molecular weight is 376 g/mol. The van der Waals surface area contributed by atoms with Crippen LogP contribution in [-0.2, 0) is 10.0 Å². The van der Waals surface area contributed by atoms with Crippen molar-refractivity contribution in [1.82, 2.24) is 4.31 Å². The van der Waals surface area contributed by atoms with Crippen molar-refractivity contribution in [2.75, 3.05) is 20.7 Å². The van der Waals surface area contributed by atoms with E-state index in [0.29, 0.717) is 23.6 Å². The summed E-state index contributed by atoms with van der Waals surface area (Å²) in [6, 6.07) is 9.80. The molecule has 0 unspecified atom stereocenters. The zero-order valence-electron chi connectivity index (χ0n) is 15.4. The number of ether oxygens (including phenoxy) is 1. The van der Waals surface area contributed by atoms with Gasteiger partial charge in [-0.25, -0.2) is 12.7 Å². The predicted molar refractivity (Wildman–Crippen MR) is 103 cm³/mol. The summed E-state index contributed by atoms with van der Waals surface area (Å²) in [4.78, 5) is 4.53. The van der Waals surface area contributed by atoms with Crippen LogP contribution in [0.5, 0.6) is 11.5 Å². The normalized spacial score (nSPS) is 12.0. The lowest BCUT2D eigenvalue weighted by molar-refractivity contribution is 0.315. The topological polar surface area (TPSA) is 79.2 Å². The molecule has 2 aromatic carbocycles. The summed E-state index contributed by atoms with van der Waals surface area (Å²) in [5.41, 5.74) is 1.88. The minimum absolute atomic E-state index is 0.0528. The Morgan fingerprint density at radius 3 is 2.54 bits per heavy atom. The van der Waals surface area contributed by atoms with Crippen molar-refractivity contribution in [3.8, 4) is 11.5 Å². The van der Waals surface area contributed by atoms with Gasteiger partial charge in [-0.1, -0.05) is 13.0 Å². The summed E-state index contributed by atoms with van der Waals surface area (Å²) in [6.45, 7) is 4.44. The van der Waals surface area contributed by atoms with Gasteiger partial charge in [0.1, 0.15) is 11.5 Å². The summed E-state index contributed by atoms with van der Waals surface area (Å²) in [6.07, 6.45) is 2.39. The SMILES string of the molecule is CCCOc1ccc(C=Nc2cc(S(=O)(=O)N(C)C)ccc2C)c(O)c1. The number of hydrogen-bond acceptors (Lipinski definition) is 5.